The quantitative estimate of drug-likeness (QED) is 0.705. The van der Waals surface area contributed by atoms with Crippen LogP contribution in [0, 0.1) is 13.8 Å². The van der Waals surface area contributed by atoms with E-state index in [-0.39, 0.29) is 24.4 Å². The maximum Gasteiger partial charge on any atom is 0.257 e. The first kappa shape index (κ1) is 23.0. The van der Waals surface area contributed by atoms with Crippen molar-refractivity contribution in [3.05, 3.63) is 64.7 Å². The zero-order valence-electron chi connectivity index (χ0n) is 19.9. The Morgan fingerprint density at radius 1 is 1.03 bits per heavy atom. The number of ether oxygens (including phenoxy) is 1. The zero-order chi connectivity index (χ0) is 23.5. The third kappa shape index (κ3) is 4.93. The largest absolute Gasteiger partial charge is 0.496 e. The summed E-state index contributed by atoms with van der Waals surface area (Å²) in [5.41, 5.74) is 5.35. The fourth-order valence-electron chi connectivity index (χ4n) is 4.50. The van der Waals surface area contributed by atoms with Crippen molar-refractivity contribution in [2.45, 2.75) is 33.2 Å². The predicted molar refractivity (Wildman–Crippen MR) is 128 cm³/mol. The van der Waals surface area contributed by atoms with Crippen molar-refractivity contribution in [1.82, 2.24) is 14.8 Å². The van der Waals surface area contributed by atoms with E-state index in [0.717, 1.165) is 22.6 Å². The molecule has 7 nitrogen and oxygen atoms in total. The number of carbonyl (C=O) groups excluding carboxylic acids is 2. The van der Waals surface area contributed by atoms with Crippen LogP contribution in [0.15, 0.2) is 47.6 Å². The lowest BCUT2D eigenvalue weighted by atomic mass is 9.96. The van der Waals surface area contributed by atoms with Crippen LogP contribution in [-0.4, -0.2) is 72.2 Å². The SMILES string of the molecule is COc1ccccc1[C@@H]1CC(c2ccc(C)c(C)c2)=NN1C(=O)CN1CCN(C(C)=O)CC1. The fourth-order valence-corrected chi connectivity index (χ4v) is 4.50. The first-order valence-electron chi connectivity index (χ1n) is 11.5. The van der Waals surface area contributed by atoms with E-state index in [9.17, 15) is 9.59 Å². The Morgan fingerprint density at radius 2 is 1.76 bits per heavy atom. The van der Waals surface area contributed by atoms with E-state index in [1.54, 1.807) is 19.0 Å². The van der Waals surface area contributed by atoms with Crippen LogP contribution in [0.4, 0.5) is 0 Å². The molecule has 0 aromatic heterocycles. The molecule has 2 aliphatic rings. The van der Waals surface area contributed by atoms with Gasteiger partial charge < -0.3 is 9.64 Å². The van der Waals surface area contributed by atoms with E-state index in [1.165, 1.54) is 11.1 Å². The van der Waals surface area contributed by atoms with Gasteiger partial charge in [-0.25, -0.2) is 5.01 Å². The summed E-state index contributed by atoms with van der Waals surface area (Å²) in [5.74, 6) is 0.798. The molecular weight excluding hydrogens is 416 g/mol. The van der Waals surface area contributed by atoms with Crippen LogP contribution >= 0.6 is 0 Å². The summed E-state index contributed by atoms with van der Waals surface area (Å²) in [7, 11) is 1.65. The average Bonchev–Trinajstić information content (AvgIpc) is 3.26. The monoisotopic (exact) mass is 448 g/mol. The summed E-state index contributed by atoms with van der Waals surface area (Å²) in [6.45, 7) is 8.72. The van der Waals surface area contributed by atoms with Gasteiger partial charge in [0, 0.05) is 45.1 Å². The van der Waals surface area contributed by atoms with Crippen LogP contribution in [0.2, 0.25) is 0 Å². The van der Waals surface area contributed by atoms with Gasteiger partial charge in [-0.05, 0) is 42.7 Å². The minimum absolute atomic E-state index is 0.0407. The van der Waals surface area contributed by atoms with Crippen molar-refractivity contribution in [1.29, 1.82) is 0 Å². The third-order valence-corrected chi connectivity index (χ3v) is 6.68. The van der Waals surface area contributed by atoms with Gasteiger partial charge in [0.15, 0.2) is 0 Å². The summed E-state index contributed by atoms with van der Waals surface area (Å²) >= 11 is 0. The van der Waals surface area contributed by atoms with Crippen LogP contribution in [0.5, 0.6) is 5.75 Å². The van der Waals surface area contributed by atoms with Crippen LogP contribution in [0.25, 0.3) is 0 Å². The molecule has 2 aromatic carbocycles. The van der Waals surface area contributed by atoms with Crippen molar-refractivity contribution < 1.29 is 14.3 Å². The van der Waals surface area contributed by atoms with Gasteiger partial charge in [0.25, 0.3) is 5.91 Å². The number of hydrogen-bond donors (Lipinski definition) is 0. The highest BCUT2D eigenvalue weighted by atomic mass is 16.5. The minimum atomic E-state index is -0.219. The molecule has 2 aromatic rings. The molecule has 4 rings (SSSR count). The molecule has 0 aliphatic carbocycles. The van der Waals surface area contributed by atoms with E-state index in [2.05, 4.69) is 36.9 Å². The predicted octanol–water partition coefficient (Wildman–Crippen LogP) is 3.15. The van der Waals surface area contributed by atoms with Crippen LogP contribution in [0.1, 0.15) is 41.6 Å². The Hall–Kier alpha value is -3.19. The van der Waals surface area contributed by atoms with Gasteiger partial charge in [0.2, 0.25) is 5.91 Å². The van der Waals surface area contributed by atoms with Gasteiger partial charge in [-0.1, -0.05) is 30.3 Å². The number of amides is 2. The van der Waals surface area contributed by atoms with Crippen molar-refractivity contribution >= 4 is 17.5 Å². The Balaban J connectivity index is 1.59. The van der Waals surface area contributed by atoms with E-state index >= 15 is 0 Å². The molecule has 1 fully saturated rings. The van der Waals surface area contributed by atoms with Gasteiger partial charge in [-0.2, -0.15) is 5.10 Å². The Kier molecular flexibility index (Phi) is 6.79. The molecule has 0 saturated carbocycles. The first-order valence-corrected chi connectivity index (χ1v) is 11.5. The molecule has 2 aliphatic heterocycles. The van der Waals surface area contributed by atoms with Gasteiger partial charge in [0.05, 0.1) is 25.4 Å². The van der Waals surface area contributed by atoms with Crippen molar-refractivity contribution in [3.8, 4) is 5.75 Å². The summed E-state index contributed by atoms with van der Waals surface area (Å²) in [4.78, 5) is 29.0. The number of piperazine rings is 1. The van der Waals surface area contributed by atoms with Crippen molar-refractivity contribution in [2.75, 3.05) is 39.8 Å². The number of hydrogen-bond acceptors (Lipinski definition) is 5. The smallest absolute Gasteiger partial charge is 0.257 e. The molecule has 0 bridgehead atoms. The van der Waals surface area contributed by atoms with E-state index in [4.69, 9.17) is 9.84 Å². The average molecular weight is 449 g/mol. The number of carbonyl (C=O) groups is 2. The zero-order valence-corrected chi connectivity index (χ0v) is 19.9. The Bertz CT molecular complexity index is 1070. The molecule has 174 valence electrons. The summed E-state index contributed by atoms with van der Waals surface area (Å²) in [6.07, 6.45) is 0.632. The first-order chi connectivity index (χ1) is 15.9. The lowest BCUT2D eigenvalue weighted by molar-refractivity contribution is -0.135. The highest BCUT2D eigenvalue weighted by Crippen LogP contribution is 2.37. The molecule has 0 N–H and O–H groups in total. The van der Waals surface area contributed by atoms with Crippen molar-refractivity contribution in [3.63, 3.8) is 0 Å². The number of benzene rings is 2. The lowest BCUT2D eigenvalue weighted by Crippen LogP contribution is -2.50. The Morgan fingerprint density at radius 3 is 2.42 bits per heavy atom. The molecular formula is C26H32N4O3. The van der Waals surface area contributed by atoms with E-state index in [0.29, 0.717) is 32.6 Å². The summed E-state index contributed by atoms with van der Waals surface area (Å²) in [6, 6.07) is 13.9. The molecule has 0 spiro atoms. The molecule has 0 radical (unpaired) electrons. The van der Waals surface area contributed by atoms with Crippen LogP contribution in [-0.2, 0) is 9.59 Å². The van der Waals surface area contributed by atoms with Gasteiger partial charge >= 0.3 is 0 Å². The molecule has 33 heavy (non-hydrogen) atoms. The Labute approximate surface area is 195 Å². The fraction of sp³-hybridized carbons (Fsp3) is 0.423. The van der Waals surface area contributed by atoms with Crippen LogP contribution in [0.3, 0.4) is 0 Å². The summed E-state index contributed by atoms with van der Waals surface area (Å²) < 4.78 is 5.61. The number of nitrogens with zero attached hydrogens (tertiary/aromatic N) is 4. The van der Waals surface area contributed by atoms with Gasteiger partial charge in [-0.3, -0.25) is 14.5 Å². The number of para-hydroxylation sites is 1. The third-order valence-electron chi connectivity index (χ3n) is 6.68. The maximum atomic E-state index is 13.5. The summed E-state index contributed by atoms with van der Waals surface area (Å²) in [5, 5.41) is 6.46. The van der Waals surface area contributed by atoms with Gasteiger partial charge in [0.1, 0.15) is 5.75 Å². The second-order valence-corrected chi connectivity index (χ2v) is 8.83. The van der Waals surface area contributed by atoms with E-state index in [1.807, 2.05) is 29.2 Å². The van der Waals surface area contributed by atoms with Crippen LogP contribution < -0.4 is 4.74 Å². The molecule has 2 amide bonds. The molecule has 1 saturated heterocycles. The number of hydrazone groups is 1. The molecule has 0 unspecified atom stereocenters. The highest BCUT2D eigenvalue weighted by Gasteiger charge is 2.35. The maximum absolute atomic E-state index is 13.5. The van der Waals surface area contributed by atoms with Crippen molar-refractivity contribution in [2.24, 2.45) is 5.10 Å². The topological polar surface area (TPSA) is 65.5 Å². The normalized spacial score (nSPS) is 18.9. The number of rotatable bonds is 5. The molecule has 1 atom stereocenters. The standard InChI is InChI=1S/C26H32N4O3/c1-18-9-10-21(15-19(18)2)23-16-24(22-7-5-6-8-25(22)33-4)30(27-23)26(32)17-28-11-13-29(14-12-28)20(3)31/h5-10,15,24H,11-14,16-17H2,1-4H3/t24-/m0/s1. The molecule has 7 heteroatoms. The minimum Gasteiger partial charge on any atom is -0.496 e. The highest BCUT2D eigenvalue weighted by molar-refractivity contribution is 6.03. The van der Waals surface area contributed by atoms with E-state index < -0.39 is 0 Å². The number of methoxy groups -OCH3 is 1. The molecule has 2 heterocycles. The van der Waals surface area contributed by atoms with Gasteiger partial charge in [-0.15, -0.1) is 0 Å². The second-order valence-electron chi connectivity index (χ2n) is 8.83. The number of aryl methyl sites for hydroxylation is 2. The lowest BCUT2D eigenvalue weighted by Gasteiger charge is -2.34. The second kappa shape index (κ2) is 9.75.